The maximum Gasteiger partial charge on any atom is 0.222 e. The van der Waals surface area contributed by atoms with Crippen LogP contribution in [0.4, 0.5) is 4.39 Å². The van der Waals surface area contributed by atoms with Gasteiger partial charge in [-0.05, 0) is 43.5 Å². The van der Waals surface area contributed by atoms with Crippen molar-refractivity contribution in [1.82, 2.24) is 9.80 Å². The Labute approximate surface area is 149 Å². The van der Waals surface area contributed by atoms with Crippen LogP contribution in [-0.2, 0) is 16.1 Å². The maximum atomic E-state index is 13.9. The van der Waals surface area contributed by atoms with E-state index in [2.05, 4.69) is 4.90 Å². The zero-order valence-electron chi connectivity index (χ0n) is 15.7. The molecule has 1 aliphatic heterocycles. The van der Waals surface area contributed by atoms with Gasteiger partial charge in [-0.15, -0.1) is 0 Å². The minimum Gasteiger partial charge on any atom is -0.494 e. The van der Waals surface area contributed by atoms with Crippen molar-refractivity contribution in [3.8, 4) is 5.75 Å². The zero-order chi connectivity index (χ0) is 18.4. The lowest BCUT2D eigenvalue weighted by molar-refractivity contribution is -0.132. The minimum atomic E-state index is -0.341. The van der Waals surface area contributed by atoms with E-state index in [1.165, 1.54) is 13.2 Å². The fourth-order valence-corrected chi connectivity index (χ4v) is 3.42. The Hall–Kier alpha value is -1.66. The number of carbonyl (C=O) groups excluding carboxylic acids is 1. The number of benzene rings is 1. The summed E-state index contributed by atoms with van der Waals surface area (Å²) in [5, 5.41) is 0. The van der Waals surface area contributed by atoms with Crippen LogP contribution in [0.3, 0.4) is 0 Å². The molecule has 1 saturated heterocycles. The number of piperidine rings is 1. The van der Waals surface area contributed by atoms with Crippen LogP contribution >= 0.6 is 0 Å². The summed E-state index contributed by atoms with van der Waals surface area (Å²) in [6.07, 6.45) is 3.13. The molecule has 0 aromatic heterocycles. The largest absolute Gasteiger partial charge is 0.494 e. The van der Waals surface area contributed by atoms with Crippen molar-refractivity contribution in [3.63, 3.8) is 0 Å². The lowest BCUT2D eigenvalue weighted by Crippen LogP contribution is -2.49. The molecule has 5 nitrogen and oxygen atoms in total. The Bertz CT molecular complexity index is 594. The third-order valence-corrected chi connectivity index (χ3v) is 4.97. The van der Waals surface area contributed by atoms with Gasteiger partial charge in [0.25, 0.3) is 0 Å². The van der Waals surface area contributed by atoms with Crippen LogP contribution in [-0.4, -0.2) is 62.7 Å². The molecule has 0 saturated carbocycles. The molecular weight excluding hydrogens is 323 g/mol. The Morgan fingerprint density at radius 1 is 1.36 bits per heavy atom. The van der Waals surface area contributed by atoms with E-state index in [1.54, 1.807) is 32.2 Å². The average molecular weight is 352 g/mol. The van der Waals surface area contributed by atoms with Gasteiger partial charge in [-0.2, -0.15) is 0 Å². The van der Waals surface area contributed by atoms with E-state index in [-0.39, 0.29) is 23.1 Å². The summed E-state index contributed by atoms with van der Waals surface area (Å²) in [4.78, 5) is 15.8. The van der Waals surface area contributed by atoms with Gasteiger partial charge in [0.15, 0.2) is 11.6 Å². The minimum absolute atomic E-state index is 0.116. The number of hydrogen-bond acceptors (Lipinski definition) is 4. The van der Waals surface area contributed by atoms with Crippen molar-refractivity contribution in [2.45, 2.75) is 37.8 Å². The summed E-state index contributed by atoms with van der Waals surface area (Å²) in [6.45, 7) is 2.35. The summed E-state index contributed by atoms with van der Waals surface area (Å²) < 4.78 is 24.7. The molecule has 1 aliphatic rings. The van der Waals surface area contributed by atoms with Gasteiger partial charge in [-0.25, -0.2) is 4.39 Å². The molecule has 140 valence electrons. The highest BCUT2D eigenvalue weighted by molar-refractivity contribution is 5.75. The molecule has 25 heavy (non-hydrogen) atoms. The van der Waals surface area contributed by atoms with Gasteiger partial charge in [0.2, 0.25) is 5.91 Å². The van der Waals surface area contributed by atoms with Gasteiger partial charge in [-0.1, -0.05) is 6.07 Å². The normalized spacial score (nSPS) is 21.2. The van der Waals surface area contributed by atoms with E-state index in [4.69, 9.17) is 9.47 Å². The maximum absolute atomic E-state index is 13.9. The first-order valence-electron chi connectivity index (χ1n) is 8.69. The van der Waals surface area contributed by atoms with Gasteiger partial charge in [0, 0.05) is 40.7 Å². The predicted molar refractivity (Wildman–Crippen MR) is 95.1 cm³/mol. The van der Waals surface area contributed by atoms with E-state index in [9.17, 15) is 9.18 Å². The fourth-order valence-electron chi connectivity index (χ4n) is 3.42. The molecule has 2 rings (SSSR count). The second-order valence-corrected chi connectivity index (χ2v) is 6.96. The summed E-state index contributed by atoms with van der Waals surface area (Å²) >= 11 is 0. The molecule has 1 heterocycles. The lowest BCUT2D eigenvalue weighted by atomic mass is 9.87. The SMILES string of the molecule is COc1ccc(CN2CCC[C@](CCC(=O)N(C)C)(OC)C2)cc1F. The Kier molecular flexibility index (Phi) is 6.79. The van der Waals surface area contributed by atoms with Crippen molar-refractivity contribution < 1.29 is 18.7 Å². The highest BCUT2D eigenvalue weighted by Gasteiger charge is 2.35. The third-order valence-electron chi connectivity index (χ3n) is 4.97. The summed E-state index contributed by atoms with van der Waals surface area (Å²) in [7, 11) is 6.72. The molecule has 1 aromatic rings. The van der Waals surface area contributed by atoms with Gasteiger partial charge in [-0.3, -0.25) is 9.69 Å². The van der Waals surface area contributed by atoms with Crippen LogP contribution in [0.15, 0.2) is 18.2 Å². The number of carbonyl (C=O) groups is 1. The van der Waals surface area contributed by atoms with Gasteiger partial charge < -0.3 is 14.4 Å². The van der Waals surface area contributed by atoms with Crippen molar-refractivity contribution >= 4 is 5.91 Å². The third kappa shape index (κ3) is 5.16. The molecule has 1 fully saturated rings. The molecule has 0 bridgehead atoms. The van der Waals surface area contributed by atoms with Crippen LogP contribution < -0.4 is 4.74 Å². The molecule has 6 heteroatoms. The van der Waals surface area contributed by atoms with Crippen LogP contribution in [0.5, 0.6) is 5.75 Å². The summed E-state index contributed by atoms with van der Waals surface area (Å²) in [5.74, 6) is 0.0354. The first-order chi connectivity index (χ1) is 11.9. The topological polar surface area (TPSA) is 42.0 Å². The number of ether oxygens (including phenoxy) is 2. The lowest BCUT2D eigenvalue weighted by Gasteiger charge is -2.42. The molecule has 1 aromatic carbocycles. The van der Waals surface area contributed by atoms with Crippen molar-refractivity contribution in [2.24, 2.45) is 0 Å². The zero-order valence-corrected chi connectivity index (χ0v) is 15.7. The first kappa shape index (κ1) is 19.7. The molecule has 0 N–H and O–H groups in total. The number of nitrogens with zero attached hydrogens (tertiary/aromatic N) is 2. The molecule has 0 aliphatic carbocycles. The number of hydrogen-bond donors (Lipinski definition) is 0. The second kappa shape index (κ2) is 8.63. The van der Waals surface area contributed by atoms with Crippen molar-refractivity contribution in [2.75, 3.05) is 41.4 Å². The average Bonchev–Trinajstić information content (AvgIpc) is 2.60. The Morgan fingerprint density at radius 2 is 2.12 bits per heavy atom. The molecular formula is C19H29FN2O3. The van der Waals surface area contributed by atoms with Crippen LogP contribution in [0.25, 0.3) is 0 Å². The summed E-state index contributed by atoms with van der Waals surface area (Å²) in [5.41, 5.74) is 0.601. The monoisotopic (exact) mass is 352 g/mol. The smallest absolute Gasteiger partial charge is 0.222 e. The number of rotatable bonds is 7. The highest BCUT2D eigenvalue weighted by Crippen LogP contribution is 2.30. The Morgan fingerprint density at radius 3 is 2.72 bits per heavy atom. The van der Waals surface area contributed by atoms with E-state index in [0.717, 1.165) is 31.5 Å². The van der Waals surface area contributed by atoms with Crippen LogP contribution in [0, 0.1) is 5.82 Å². The van der Waals surface area contributed by atoms with Gasteiger partial charge >= 0.3 is 0 Å². The molecule has 0 unspecified atom stereocenters. The fraction of sp³-hybridized carbons (Fsp3) is 0.632. The van der Waals surface area contributed by atoms with E-state index in [0.29, 0.717) is 19.4 Å². The Balaban J connectivity index is 2.00. The van der Waals surface area contributed by atoms with E-state index < -0.39 is 0 Å². The van der Waals surface area contributed by atoms with Gasteiger partial charge in [0.05, 0.1) is 12.7 Å². The van der Waals surface area contributed by atoms with Crippen LogP contribution in [0.1, 0.15) is 31.2 Å². The summed E-state index contributed by atoms with van der Waals surface area (Å²) in [6, 6.07) is 5.08. The molecule has 1 amide bonds. The number of amides is 1. The van der Waals surface area contributed by atoms with E-state index >= 15 is 0 Å². The number of halogens is 1. The molecule has 0 radical (unpaired) electrons. The predicted octanol–water partition coefficient (Wildman–Crippen LogP) is 2.68. The van der Waals surface area contributed by atoms with E-state index in [1.807, 2.05) is 6.07 Å². The van der Waals surface area contributed by atoms with Crippen molar-refractivity contribution in [1.29, 1.82) is 0 Å². The van der Waals surface area contributed by atoms with Crippen LogP contribution in [0.2, 0.25) is 0 Å². The second-order valence-electron chi connectivity index (χ2n) is 6.96. The van der Waals surface area contributed by atoms with Gasteiger partial charge in [0.1, 0.15) is 0 Å². The molecule has 0 spiro atoms. The first-order valence-corrected chi connectivity index (χ1v) is 8.69. The quantitative estimate of drug-likeness (QED) is 0.757. The number of methoxy groups -OCH3 is 2. The number of likely N-dealkylation sites (tertiary alicyclic amines) is 1. The van der Waals surface area contributed by atoms with Crippen molar-refractivity contribution in [3.05, 3.63) is 29.6 Å². The molecule has 1 atom stereocenters. The highest BCUT2D eigenvalue weighted by atomic mass is 19.1. The standard InChI is InChI=1S/C19H29FN2O3/c1-21(2)18(23)8-10-19(25-4)9-5-11-22(14-19)13-15-6-7-17(24-3)16(20)12-15/h6-7,12H,5,8-11,13-14H2,1-4H3/t19-/m1/s1.